The number of hydrazone groups is 1. The second kappa shape index (κ2) is 4.75. The van der Waals surface area contributed by atoms with Gasteiger partial charge in [-0.15, -0.1) is 0 Å². The fourth-order valence-electron chi connectivity index (χ4n) is 1.41. The van der Waals surface area contributed by atoms with E-state index in [-0.39, 0.29) is 24.5 Å². The summed E-state index contributed by atoms with van der Waals surface area (Å²) in [6, 6.07) is 0. The number of nitrogens with zero attached hydrogens (tertiary/aromatic N) is 3. The van der Waals surface area contributed by atoms with Crippen molar-refractivity contribution in [1.29, 1.82) is 0 Å². The molecular formula is C11H17N3O4. The van der Waals surface area contributed by atoms with Crippen LogP contribution < -0.4 is 0 Å². The Morgan fingerprint density at radius 2 is 1.94 bits per heavy atom. The molecule has 0 radical (unpaired) electrons. The van der Waals surface area contributed by atoms with Crippen molar-refractivity contribution in [2.24, 2.45) is 5.10 Å². The Bertz CT molecular complexity index is 428. The Morgan fingerprint density at radius 3 is 2.39 bits per heavy atom. The highest BCUT2D eigenvalue weighted by Gasteiger charge is 2.37. The molecule has 1 rings (SSSR count). The fourth-order valence-corrected chi connectivity index (χ4v) is 1.41. The van der Waals surface area contributed by atoms with Gasteiger partial charge >= 0.3 is 5.97 Å². The minimum atomic E-state index is -1.32. The first kappa shape index (κ1) is 14.1. The average Bonchev–Trinajstić information content (AvgIpc) is 2.30. The van der Waals surface area contributed by atoms with Crippen LogP contribution in [0, 0.1) is 0 Å². The molecule has 0 aromatic heterocycles. The molecule has 0 saturated carbocycles. The third-order valence-electron chi connectivity index (χ3n) is 3.12. The first-order valence-electron chi connectivity index (χ1n) is 5.53. The number of hydrogen-bond acceptors (Lipinski definition) is 4. The summed E-state index contributed by atoms with van der Waals surface area (Å²) in [6.45, 7) is 2.87. The molecular weight excluding hydrogens is 238 g/mol. The van der Waals surface area contributed by atoms with Gasteiger partial charge in [0.15, 0.2) is 0 Å². The Balaban J connectivity index is 2.92. The van der Waals surface area contributed by atoms with Crippen LogP contribution in [-0.4, -0.2) is 58.1 Å². The zero-order valence-corrected chi connectivity index (χ0v) is 10.9. The van der Waals surface area contributed by atoms with Gasteiger partial charge in [0.25, 0.3) is 5.91 Å². The molecule has 0 bridgehead atoms. The lowest BCUT2D eigenvalue weighted by Crippen LogP contribution is -2.53. The van der Waals surface area contributed by atoms with Crippen molar-refractivity contribution in [2.75, 3.05) is 14.1 Å². The summed E-state index contributed by atoms with van der Waals surface area (Å²) in [5, 5.41) is 14.0. The number of likely N-dealkylation sites (N-methyl/N-ethyl adjacent to an activating group) is 1. The lowest BCUT2D eigenvalue weighted by atomic mass is 10.0. The van der Waals surface area contributed by atoms with Gasteiger partial charge in [-0.2, -0.15) is 5.10 Å². The standard InChI is InChI=1S/C11H17N3O4/c1-11(2,10(17)18)13(3)9(16)7-5-6-8(15)14(4)12-7/h5-6H2,1-4H3,(H,17,18). The summed E-state index contributed by atoms with van der Waals surface area (Å²) in [6.07, 6.45) is 0.449. The number of hydrogen-bond donors (Lipinski definition) is 1. The van der Waals surface area contributed by atoms with E-state index in [9.17, 15) is 14.4 Å². The number of carboxylic acids is 1. The summed E-state index contributed by atoms with van der Waals surface area (Å²) in [5.41, 5.74) is -1.12. The SMILES string of the molecule is CN1N=C(C(=O)N(C)C(C)(C)C(=O)O)CCC1=O. The number of carbonyl (C=O) groups is 3. The van der Waals surface area contributed by atoms with Crippen LogP contribution in [-0.2, 0) is 14.4 Å². The van der Waals surface area contributed by atoms with Gasteiger partial charge in [0.05, 0.1) is 0 Å². The largest absolute Gasteiger partial charge is 0.480 e. The van der Waals surface area contributed by atoms with Gasteiger partial charge in [-0.05, 0) is 13.8 Å². The Kier molecular flexibility index (Phi) is 3.73. The predicted octanol–water partition coefficient (Wildman–Crippen LogP) is -0.0838. The molecule has 0 fully saturated rings. The lowest BCUT2D eigenvalue weighted by molar-refractivity contribution is -0.153. The minimum absolute atomic E-state index is 0.160. The maximum absolute atomic E-state index is 12.1. The minimum Gasteiger partial charge on any atom is -0.480 e. The summed E-state index contributed by atoms with van der Waals surface area (Å²) >= 11 is 0. The van der Waals surface area contributed by atoms with Crippen molar-refractivity contribution >= 4 is 23.5 Å². The van der Waals surface area contributed by atoms with Gasteiger partial charge in [0.1, 0.15) is 11.3 Å². The van der Waals surface area contributed by atoms with Gasteiger partial charge in [-0.1, -0.05) is 0 Å². The first-order valence-corrected chi connectivity index (χ1v) is 5.53. The average molecular weight is 255 g/mol. The fraction of sp³-hybridized carbons (Fsp3) is 0.636. The van der Waals surface area contributed by atoms with E-state index in [2.05, 4.69) is 5.10 Å². The highest BCUT2D eigenvalue weighted by atomic mass is 16.4. The molecule has 100 valence electrons. The lowest BCUT2D eigenvalue weighted by Gasteiger charge is -2.32. The van der Waals surface area contributed by atoms with Gasteiger partial charge in [0, 0.05) is 26.9 Å². The molecule has 0 aromatic carbocycles. The molecule has 7 nitrogen and oxygen atoms in total. The summed E-state index contributed by atoms with van der Waals surface area (Å²) in [7, 11) is 2.88. The Labute approximate surface area is 105 Å². The van der Waals surface area contributed by atoms with E-state index in [4.69, 9.17) is 5.11 Å². The number of carbonyl (C=O) groups excluding carboxylic acids is 2. The molecule has 18 heavy (non-hydrogen) atoms. The van der Waals surface area contributed by atoms with Crippen molar-refractivity contribution in [3.8, 4) is 0 Å². The number of carboxylic acid groups (broad SMARTS) is 1. The van der Waals surface area contributed by atoms with E-state index < -0.39 is 17.4 Å². The van der Waals surface area contributed by atoms with Crippen LogP contribution >= 0.6 is 0 Å². The highest BCUT2D eigenvalue weighted by molar-refractivity contribution is 6.39. The number of amides is 2. The van der Waals surface area contributed by atoms with Crippen LogP contribution in [0.3, 0.4) is 0 Å². The zero-order valence-electron chi connectivity index (χ0n) is 10.9. The molecule has 1 aliphatic heterocycles. The van der Waals surface area contributed by atoms with E-state index in [1.807, 2.05) is 0 Å². The molecule has 0 saturated heterocycles. The Morgan fingerprint density at radius 1 is 1.39 bits per heavy atom. The topological polar surface area (TPSA) is 90.3 Å². The summed E-state index contributed by atoms with van der Waals surface area (Å²) < 4.78 is 0. The maximum atomic E-state index is 12.1. The summed E-state index contributed by atoms with van der Waals surface area (Å²) in [4.78, 5) is 35.5. The van der Waals surface area contributed by atoms with Crippen LogP contribution in [0.4, 0.5) is 0 Å². The summed E-state index contributed by atoms with van der Waals surface area (Å²) in [5.74, 6) is -1.73. The Hall–Kier alpha value is -1.92. The van der Waals surface area contributed by atoms with Gasteiger partial charge in [0.2, 0.25) is 5.91 Å². The van der Waals surface area contributed by atoms with Crippen LogP contribution in [0.1, 0.15) is 26.7 Å². The normalized spacial score (nSPS) is 16.3. The molecule has 0 aromatic rings. The molecule has 1 N–H and O–H groups in total. The third kappa shape index (κ3) is 2.49. The molecule has 0 spiro atoms. The van der Waals surface area contributed by atoms with Crippen molar-refractivity contribution in [1.82, 2.24) is 9.91 Å². The molecule has 2 amide bonds. The third-order valence-corrected chi connectivity index (χ3v) is 3.12. The van der Waals surface area contributed by atoms with Gasteiger partial charge in [-0.3, -0.25) is 9.59 Å². The van der Waals surface area contributed by atoms with Gasteiger partial charge in [-0.25, -0.2) is 9.80 Å². The number of rotatable bonds is 3. The predicted molar refractivity (Wildman–Crippen MR) is 63.9 cm³/mol. The maximum Gasteiger partial charge on any atom is 0.329 e. The van der Waals surface area contributed by atoms with Crippen molar-refractivity contribution in [3.63, 3.8) is 0 Å². The second-order valence-electron chi connectivity index (χ2n) is 4.69. The molecule has 0 atom stereocenters. The molecule has 1 aliphatic rings. The van der Waals surface area contributed by atoms with E-state index in [0.29, 0.717) is 0 Å². The zero-order chi connectivity index (χ0) is 14.1. The van der Waals surface area contributed by atoms with E-state index in [1.54, 1.807) is 0 Å². The van der Waals surface area contributed by atoms with Crippen LogP contribution in [0.15, 0.2) is 5.10 Å². The van der Waals surface area contributed by atoms with E-state index >= 15 is 0 Å². The van der Waals surface area contributed by atoms with Crippen LogP contribution in [0.25, 0.3) is 0 Å². The molecule has 0 unspecified atom stereocenters. The smallest absolute Gasteiger partial charge is 0.329 e. The quantitative estimate of drug-likeness (QED) is 0.763. The monoisotopic (exact) mass is 255 g/mol. The molecule has 0 aliphatic carbocycles. The molecule has 7 heteroatoms. The van der Waals surface area contributed by atoms with Crippen molar-refractivity contribution in [3.05, 3.63) is 0 Å². The van der Waals surface area contributed by atoms with Crippen molar-refractivity contribution in [2.45, 2.75) is 32.2 Å². The van der Waals surface area contributed by atoms with Crippen LogP contribution in [0.5, 0.6) is 0 Å². The van der Waals surface area contributed by atoms with Crippen molar-refractivity contribution < 1.29 is 19.5 Å². The van der Waals surface area contributed by atoms with E-state index in [1.165, 1.54) is 27.9 Å². The van der Waals surface area contributed by atoms with Gasteiger partial charge < -0.3 is 10.0 Å². The second-order valence-corrected chi connectivity index (χ2v) is 4.69. The highest BCUT2D eigenvalue weighted by Crippen LogP contribution is 2.16. The molecule has 1 heterocycles. The van der Waals surface area contributed by atoms with Crippen LogP contribution in [0.2, 0.25) is 0 Å². The van der Waals surface area contributed by atoms with E-state index in [0.717, 1.165) is 9.91 Å². The first-order chi connectivity index (χ1) is 8.17. The number of aliphatic carboxylic acids is 1.